The van der Waals surface area contributed by atoms with Crippen molar-refractivity contribution in [1.29, 1.82) is 0 Å². The normalized spacial score (nSPS) is 12.1. The molecule has 0 aromatic carbocycles. The van der Waals surface area contributed by atoms with E-state index in [1.807, 2.05) is 6.92 Å². The maximum absolute atomic E-state index is 11.2. The van der Waals surface area contributed by atoms with Crippen molar-refractivity contribution in [3.05, 3.63) is 23.8 Å². The summed E-state index contributed by atoms with van der Waals surface area (Å²) in [6.07, 6.45) is 10.4. The Morgan fingerprint density at radius 1 is 1.27 bits per heavy atom. The molecule has 0 aliphatic carbocycles. The molecule has 0 bridgehead atoms. The largest absolute Gasteiger partial charge is 0.462 e. The third kappa shape index (κ3) is 7.98. The van der Waals surface area contributed by atoms with Gasteiger partial charge in [-0.15, -0.1) is 0 Å². The van der Waals surface area contributed by atoms with E-state index in [0.29, 0.717) is 12.2 Å². The van der Waals surface area contributed by atoms with Gasteiger partial charge in [-0.1, -0.05) is 38.0 Å². The molecule has 15 heavy (non-hydrogen) atoms. The number of ether oxygens (including phenoxy) is 1. The van der Waals surface area contributed by atoms with Crippen LogP contribution in [0.3, 0.4) is 0 Å². The lowest BCUT2D eigenvalue weighted by atomic mass is 10.2. The van der Waals surface area contributed by atoms with Gasteiger partial charge in [0.2, 0.25) is 0 Å². The molecule has 0 atom stereocenters. The van der Waals surface area contributed by atoms with Gasteiger partial charge in [-0.3, -0.25) is 0 Å². The Labute approximate surface area is 93.0 Å². The fraction of sp³-hybridized carbons (Fsp3) is 0.615. The first-order valence-corrected chi connectivity index (χ1v) is 5.67. The van der Waals surface area contributed by atoms with Crippen molar-refractivity contribution >= 4 is 5.97 Å². The fourth-order valence-corrected chi connectivity index (χ4v) is 1.01. The molecule has 0 rings (SSSR count). The number of carbonyl (C=O) groups excluding carboxylic acids is 1. The first-order chi connectivity index (χ1) is 7.22. The maximum atomic E-state index is 11.2. The highest BCUT2D eigenvalue weighted by atomic mass is 16.5. The fourth-order valence-electron chi connectivity index (χ4n) is 1.01. The third-order valence-corrected chi connectivity index (χ3v) is 2.16. The van der Waals surface area contributed by atoms with Crippen molar-refractivity contribution in [3.63, 3.8) is 0 Å². The molecule has 2 heteroatoms. The Morgan fingerprint density at radius 2 is 1.93 bits per heavy atom. The molecule has 0 spiro atoms. The van der Waals surface area contributed by atoms with Gasteiger partial charge in [0, 0.05) is 5.57 Å². The molecule has 0 amide bonds. The van der Waals surface area contributed by atoms with Gasteiger partial charge < -0.3 is 4.74 Å². The van der Waals surface area contributed by atoms with E-state index in [9.17, 15) is 4.79 Å². The number of allylic oxidation sites excluding steroid dienone is 2. The maximum Gasteiger partial charge on any atom is 0.333 e. The van der Waals surface area contributed by atoms with Crippen LogP contribution < -0.4 is 0 Å². The topological polar surface area (TPSA) is 26.3 Å². The third-order valence-electron chi connectivity index (χ3n) is 2.16. The molecule has 86 valence electrons. The Bertz CT molecular complexity index is 227. The summed E-state index contributed by atoms with van der Waals surface area (Å²) in [4.78, 5) is 11.2. The van der Waals surface area contributed by atoms with E-state index in [1.165, 1.54) is 12.8 Å². The van der Waals surface area contributed by atoms with E-state index in [0.717, 1.165) is 12.8 Å². The molecular formula is C13H22O2. The van der Waals surface area contributed by atoms with Crippen molar-refractivity contribution in [3.8, 4) is 0 Å². The minimum atomic E-state index is -0.209. The lowest BCUT2D eigenvalue weighted by molar-refractivity contribution is -0.138. The van der Waals surface area contributed by atoms with E-state index >= 15 is 0 Å². The molecule has 0 aromatic rings. The SMILES string of the molecule is C/C=C(\C)C(=O)OCC/C=C/CCCC. The minimum Gasteiger partial charge on any atom is -0.462 e. The lowest BCUT2D eigenvalue weighted by Crippen LogP contribution is -2.06. The number of hydrogen-bond acceptors (Lipinski definition) is 2. The highest BCUT2D eigenvalue weighted by molar-refractivity contribution is 5.87. The summed E-state index contributed by atoms with van der Waals surface area (Å²) >= 11 is 0. The number of rotatable bonds is 7. The highest BCUT2D eigenvalue weighted by Crippen LogP contribution is 1.99. The molecule has 0 aromatic heterocycles. The lowest BCUT2D eigenvalue weighted by Gasteiger charge is -2.01. The zero-order valence-electron chi connectivity index (χ0n) is 10.1. The molecule has 2 nitrogen and oxygen atoms in total. The number of esters is 1. The van der Waals surface area contributed by atoms with Gasteiger partial charge in [-0.2, -0.15) is 0 Å². The highest BCUT2D eigenvalue weighted by Gasteiger charge is 2.02. The predicted octanol–water partition coefficient (Wildman–Crippen LogP) is 3.63. The zero-order valence-corrected chi connectivity index (χ0v) is 10.1. The summed E-state index contributed by atoms with van der Waals surface area (Å²) in [5.74, 6) is -0.209. The Balaban J connectivity index is 3.46. The van der Waals surface area contributed by atoms with Crippen LogP contribution >= 0.6 is 0 Å². The summed E-state index contributed by atoms with van der Waals surface area (Å²) in [7, 11) is 0. The first-order valence-electron chi connectivity index (χ1n) is 5.67. The quantitative estimate of drug-likeness (QED) is 0.277. The van der Waals surface area contributed by atoms with Crippen LogP contribution in [0.4, 0.5) is 0 Å². The van der Waals surface area contributed by atoms with E-state index in [1.54, 1.807) is 13.0 Å². The Kier molecular flexibility index (Phi) is 8.84. The summed E-state index contributed by atoms with van der Waals surface area (Å²) in [5.41, 5.74) is 0.671. The van der Waals surface area contributed by atoms with E-state index in [2.05, 4.69) is 19.1 Å². The molecule has 0 radical (unpaired) electrons. The molecule has 0 saturated carbocycles. The van der Waals surface area contributed by atoms with Crippen LogP contribution in [0.25, 0.3) is 0 Å². The van der Waals surface area contributed by atoms with Gasteiger partial charge in [0.05, 0.1) is 6.61 Å². The van der Waals surface area contributed by atoms with Crippen LogP contribution in [-0.4, -0.2) is 12.6 Å². The molecule has 0 aliphatic rings. The molecular weight excluding hydrogens is 188 g/mol. The van der Waals surface area contributed by atoms with Crippen LogP contribution in [0.2, 0.25) is 0 Å². The first kappa shape index (κ1) is 13.9. The second-order valence-corrected chi connectivity index (χ2v) is 3.51. The molecule has 0 heterocycles. The molecule has 0 unspecified atom stereocenters. The predicted molar refractivity (Wildman–Crippen MR) is 63.7 cm³/mol. The molecule has 0 fully saturated rings. The summed E-state index contributed by atoms with van der Waals surface area (Å²) in [6.45, 7) is 6.25. The van der Waals surface area contributed by atoms with Crippen molar-refractivity contribution < 1.29 is 9.53 Å². The van der Waals surface area contributed by atoms with Gasteiger partial charge >= 0.3 is 5.97 Å². The number of hydrogen-bond donors (Lipinski definition) is 0. The Hall–Kier alpha value is -1.05. The number of carbonyl (C=O) groups is 1. The monoisotopic (exact) mass is 210 g/mol. The Morgan fingerprint density at radius 3 is 2.53 bits per heavy atom. The van der Waals surface area contributed by atoms with E-state index in [4.69, 9.17) is 4.74 Å². The van der Waals surface area contributed by atoms with Crippen molar-refractivity contribution in [1.82, 2.24) is 0 Å². The van der Waals surface area contributed by atoms with Crippen LogP contribution in [0, 0.1) is 0 Å². The van der Waals surface area contributed by atoms with Gasteiger partial charge in [0.1, 0.15) is 0 Å². The smallest absolute Gasteiger partial charge is 0.333 e. The number of unbranched alkanes of at least 4 members (excludes halogenated alkanes) is 2. The van der Waals surface area contributed by atoms with Gasteiger partial charge in [0.15, 0.2) is 0 Å². The zero-order chi connectivity index (χ0) is 11.5. The standard InChI is InChI=1S/C13H22O2/c1-4-6-7-8-9-10-11-15-13(14)12(3)5-2/h5,8-9H,4,6-7,10-11H2,1-3H3/b9-8+,12-5+. The van der Waals surface area contributed by atoms with Crippen LogP contribution in [-0.2, 0) is 9.53 Å². The van der Waals surface area contributed by atoms with E-state index in [-0.39, 0.29) is 5.97 Å². The van der Waals surface area contributed by atoms with Crippen LogP contribution in [0.15, 0.2) is 23.8 Å². The average molecular weight is 210 g/mol. The van der Waals surface area contributed by atoms with Gasteiger partial charge in [-0.25, -0.2) is 4.79 Å². The van der Waals surface area contributed by atoms with Crippen molar-refractivity contribution in [2.24, 2.45) is 0 Å². The molecule has 0 N–H and O–H groups in total. The summed E-state index contributed by atoms with van der Waals surface area (Å²) in [6, 6.07) is 0. The summed E-state index contributed by atoms with van der Waals surface area (Å²) in [5, 5.41) is 0. The second kappa shape index (κ2) is 9.50. The van der Waals surface area contributed by atoms with Crippen LogP contribution in [0.5, 0.6) is 0 Å². The van der Waals surface area contributed by atoms with Gasteiger partial charge in [-0.05, 0) is 26.7 Å². The van der Waals surface area contributed by atoms with Crippen LogP contribution in [0.1, 0.15) is 46.5 Å². The van der Waals surface area contributed by atoms with Gasteiger partial charge in [0.25, 0.3) is 0 Å². The van der Waals surface area contributed by atoms with Crippen molar-refractivity contribution in [2.45, 2.75) is 46.5 Å². The van der Waals surface area contributed by atoms with E-state index < -0.39 is 0 Å². The molecule has 0 aliphatic heterocycles. The minimum absolute atomic E-state index is 0.209. The van der Waals surface area contributed by atoms with Crippen molar-refractivity contribution in [2.75, 3.05) is 6.61 Å². The average Bonchev–Trinajstić information content (AvgIpc) is 2.26. The summed E-state index contributed by atoms with van der Waals surface area (Å²) < 4.78 is 5.04. The molecule has 0 saturated heterocycles. The second-order valence-electron chi connectivity index (χ2n) is 3.51.